The minimum atomic E-state index is -3.75. The Hall–Kier alpha value is -2.27. The number of rotatable bonds is 6. The van der Waals surface area contributed by atoms with Crippen molar-refractivity contribution in [3.8, 4) is 0 Å². The predicted molar refractivity (Wildman–Crippen MR) is 132 cm³/mol. The van der Waals surface area contributed by atoms with Crippen molar-refractivity contribution in [3.63, 3.8) is 0 Å². The van der Waals surface area contributed by atoms with E-state index in [1.165, 1.54) is 4.31 Å². The Labute approximate surface area is 210 Å². The van der Waals surface area contributed by atoms with Crippen molar-refractivity contribution in [2.45, 2.75) is 94.2 Å². The van der Waals surface area contributed by atoms with E-state index in [0.717, 1.165) is 24.2 Å². The molecule has 2 amide bonds. The highest BCUT2D eigenvalue weighted by atomic mass is 32.2. The molecular formula is C25H35F2N5O3S. The highest BCUT2D eigenvalue weighted by molar-refractivity contribution is 7.89. The van der Waals surface area contributed by atoms with E-state index in [1.54, 1.807) is 23.1 Å². The van der Waals surface area contributed by atoms with Crippen molar-refractivity contribution in [1.29, 1.82) is 0 Å². The van der Waals surface area contributed by atoms with Gasteiger partial charge in [-0.1, -0.05) is 20.8 Å². The lowest BCUT2D eigenvalue weighted by atomic mass is 9.86. The minimum absolute atomic E-state index is 0.0949. The first kappa shape index (κ1) is 25.4. The molecule has 8 nitrogen and oxygen atoms in total. The molecule has 2 N–H and O–H groups in total. The number of aromatic nitrogens is 2. The number of imidazole rings is 1. The molecule has 11 heteroatoms. The Morgan fingerprint density at radius 1 is 1.14 bits per heavy atom. The third kappa shape index (κ3) is 4.71. The van der Waals surface area contributed by atoms with Gasteiger partial charge in [0.25, 0.3) is 0 Å². The molecule has 198 valence electrons. The van der Waals surface area contributed by atoms with Gasteiger partial charge in [0.2, 0.25) is 15.9 Å². The minimum Gasteiger partial charge on any atom is -0.351 e. The number of benzene rings is 1. The molecule has 1 saturated heterocycles. The lowest BCUT2D eigenvalue weighted by Gasteiger charge is -2.43. The third-order valence-electron chi connectivity index (χ3n) is 7.72. The third-order valence-corrected chi connectivity index (χ3v) is 9.55. The van der Waals surface area contributed by atoms with Crippen molar-refractivity contribution >= 4 is 27.1 Å². The average Bonchev–Trinajstić information content (AvgIpc) is 3.51. The maximum atomic E-state index is 13.7. The molecule has 1 aliphatic heterocycles. The summed E-state index contributed by atoms with van der Waals surface area (Å²) in [5.74, 6) is -1.63. The average molecular weight is 524 g/mol. The molecule has 2 aromatic rings. The normalized spacial score (nSPS) is 22.0. The molecule has 0 radical (unpaired) electrons. The highest BCUT2D eigenvalue weighted by Gasteiger charge is 2.46. The summed E-state index contributed by atoms with van der Waals surface area (Å²) in [6.45, 7) is 7.18. The molecule has 1 aromatic heterocycles. The number of carbonyl (C=O) groups is 1. The maximum absolute atomic E-state index is 13.7. The number of nitrogens with zero attached hydrogens (tertiary/aromatic N) is 4. The van der Waals surface area contributed by atoms with Crippen LogP contribution in [0.1, 0.15) is 65.1 Å². The van der Waals surface area contributed by atoms with Crippen molar-refractivity contribution in [3.05, 3.63) is 24.0 Å². The van der Waals surface area contributed by atoms with Gasteiger partial charge in [0.15, 0.2) is 0 Å². The Kier molecular flexibility index (Phi) is 6.10. The predicted octanol–water partition coefficient (Wildman–Crippen LogP) is 4.08. The van der Waals surface area contributed by atoms with Crippen LogP contribution in [0.25, 0.3) is 11.0 Å². The molecule has 36 heavy (non-hydrogen) atoms. The Morgan fingerprint density at radius 3 is 2.33 bits per heavy atom. The second kappa shape index (κ2) is 8.65. The van der Waals surface area contributed by atoms with Crippen LogP contribution in [0.5, 0.6) is 0 Å². The van der Waals surface area contributed by atoms with Crippen LogP contribution in [0, 0.1) is 5.92 Å². The summed E-state index contributed by atoms with van der Waals surface area (Å²) in [5, 5.41) is 0. The second-order valence-electron chi connectivity index (χ2n) is 11.7. The van der Waals surface area contributed by atoms with E-state index in [2.05, 4.69) is 4.57 Å². The SMILES string of the molecule is CC(C)(C)c1nc2cc(S(=O)(=O)N3CC(N(C(N)=O)C4CC4)C3)ccc2n1CC1CCC(F)(F)CC1. The molecule has 0 bridgehead atoms. The molecule has 2 saturated carbocycles. The summed E-state index contributed by atoms with van der Waals surface area (Å²) in [5.41, 5.74) is 6.61. The zero-order valence-electron chi connectivity index (χ0n) is 21.1. The zero-order chi connectivity index (χ0) is 26.0. The van der Waals surface area contributed by atoms with Gasteiger partial charge in [0, 0.05) is 43.9 Å². The van der Waals surface area contributed by atoms with E-state index in [1.807, 2.05) is 20.8 Å². The molecule has 0 atom stereocenters. The van der Waals surface area contributed by atoms with E-state index in [9.17, 15) is 22.0 Å². The number of alkyl halides is 2. The molecule has 5 rings (SSSR count). The lowest BCUT2D eigenvalue weighted by Crippen LogP contribution is -2.63. The fourth-order valence-electron chi connectivity index (χ4n) is 5.52. The molecule has 0 unspecified atom stereocenters. The van der Waals surface area contributed by atoms with Gasteiger partial charge < -0.3 is 15.2 Å². The van der Waals surface area contributed by atoms with E-state index < -0.39 is 22.0 Å². The Morgan fingerprint density at radius 2 is 1.78 bits per heavy atom. The summed E-state index contributed by atoms with van der Waals surface area (Å²) in [6.07, 6.45) is 2.55. The summed E-state index contributed by atoms with van der Waals surface area (Å²) in [4.78, 5) is 18.4. The zero-order valence-corrected chi connectivity index (χ0v) is 21.9. The number of nitrogens with two attached hydrogens (primary N) is 1. The first-order valence-corrected chi connectivity index (χ1v) is 14.2. The van der Waals surface area contributed by atoms with Crippen molar-refractivity contribution in [1.82, 2.24) is 18.8 Å². The fraction of sp³-hybridized carbons (Fsp3) is 0.680. The number of halogens is 2. The van der Waals surface area contributed by atoms with Crippen LogP contribution in [0.15, 0.2) is 23.1 Å². The Balaban J connectivity index is 1.39. The van der Waals surface area contributed by atoms with E-state index >= 15 is 0 Å². The quantitative estimate of drug-likeness (QED) is 0.617. The number of sulfonamides is 1. The second-order valence-corrected chi connectivity index (χ2v) is 13.6. The number of hydrogen-bond acceptors (Lipinski definition) is 4. The number of hydrogen-bond donors (Lipinski definition) is 1. The topological polar surface area (TPSA) is 102 Å². The number of urea groups is 1. The van der Waals surface area contributed by atoms with E-state index in [0.29, 0.717) is 24.9 Å². The van der Waals surface area contributed by atoms with Crippen LogP contribution >= 0.6 is 0 Å². The van der Waals surface area contributed by atoms with Crippen LogP contribution < -0.4 is 5.73 Å². The van der Waals surface area contributed by atoms with Crippen molar-refractivity contribution in [2.75, 3.05) is 13.1 Å². The lowest BCUT2D eigenvalue weighted by molar-refractivity contribution is -0.0473. The molecule has 3 aliphatic rings. The van der Waals surface area contributed by atoms with Gasteiger partial charge in [-0.05, 0) is 49.8 Å². The number of primary amides is 1. The monoisotopic (exact) mass is 523 g/mol. The smallest absolute Gasteiger partial charge is 0.315 e. The van der Waals surface area contributed by atoms with Crippen LogP contribution in [0.2, 0.25) is 0 Å². The largest absolute Gasteiger partial charge is 0.351 e. The number of fused-ring (bicyclic) bond motifs is 1. The first-order chi connectivity index (χ1) is 16.8. The van der Waals surface area contributed by atoms with Gasteiger partial charge in [-0.3, -0.25) is 0 Å². The standard InChI is InChI=1S/C25H35F2N5O3S/c1-24(2,3)22-29-20-12-19(6-7-21(20)31(22)13-16-8-10-25(26,27)11-9-16)36(34,35)30-14-18(15-30)32(23(28)33)17-4-5-17/h6-7,12,16-18H,4-5,8-11,13-15H2,1-3H3,(H2,28,33). The first-order valence-electron chi connectivity index (χ1n) is 12.7. The maximum Gasteiger partial charge on any atom is 0.315 e. The number of amides is 2. The summed E-state index contributed by atoms with van der Waals surface area (Å²) in [6, 6.07) is 4.41. The molecule has 3 fully saturated rings. The molecule has 1 aromatic carbocycles. The summed E-state index contributed by atoms with van der Waals surface area (Å²) >= 11 is 0. The van der Waals surface area contributed by atoms with Gasteiger partial charge in [-0.2, -0.15) is 4.31 Å². The van der Waals surface area contributed by atoms with Crippen LogP contribution in [0.4, 0.5) is 13.6 Å². The Bertz CT molecular complexity index is 1270. The van der Waals surface area contributed by atoms with Crippen molar-refractivity contribution in [2.24, 2.45) is 11.7 Å². The van der Waals surface area contributed by atoms with Crippen LogP contribution in [-0.4, -0.2) is 64.3 Å². The summed E-state index contributed by atoms with van der Waals surface area (Å²) in [7, 11) is -3.75. The van der Waals surface area contributed by atoms with E-state index in [4.69, 9.17) is 10.7 Å². The fourth-order valence-corrected chi connectivity index (χ4v) is 7.05. The number of carbonyl (C=O) groups excluding carboxylic acids is 1. The molecule has 2 heterocycles. The van der Waals surface area contributed by atoms with Gasteiger partial charge in [0.1, 0.15) is 5.82 Å². The highest BCUT2D eigenvalue weighted by Crippen LogP contribution is 2.39. The molecular weight excluding hydrogens is 488 g/mol. The van der Waals surface area contributed by atoms with Gasteiger partial charge >= 0.3 is 6.03 Å². The van der Waals surface area contributed by atoms with Crippen LogP contribution in [0.3, 0.4) is 0 Å². The van der Waals surface area contributed by atoms with Gasteiger partial charge in [0.05, 0.1) is 22.0 Å². The van der Waals surface area contributed by atoms with E-state index in [-0.39, 0.29) is 54.2 Å². The molecule has 0 spiro atoms. The van der Waals surface area contributed by atoms with Gasteiger partial charge in [-0.15, -0.1) is 0 Å². The molecule has 2 aliphatic carbocycles. The van der Waals surface area contributed by atoms with Crippen molar-refractivity contribution < 1.29 is 22.0 Å². The summed E-state index contributed by atoms with van der Waals surface area (Å²) < 4.78 is 57.5. The van der Waals surface area contributed by atoms with Crippen LogP contribution in [-0.2, 0) is 22.0 Å². The van der Waals surface area contributed by atoms with Gasteiger partial charge in [-0.25, -0.2) is 27.0 Å².